The van der Waals surface area contributed by atoms with Crippen molar-refractivity contribution in [3.63, 3.8) is 0 Å². The van der Waals surface area contributed by atoms with Gasteiger partial charge < -0.3 is 15.3 Å². The summed E-state index contributed by atoms with van der Waals surface area (Å²) in [5.74, 6) is 1.75. The number of likely N-dealkylation sites (tertiary alicyclic amines) is 1. The first kappa shape index (κ1) is 17.6. The predicted octanol–water partition coefficient (Wildman–Crippen LogP) is 0.306. The van der Waals surface area contributed by atoms with Crippen molar-refractivity contribution in [3.8, 4) is 0 Å². The van der Waals surface area contributed by atoms with Crippen LogP contribution in [0.15, 0.2) is 0 Å². The van der Waals surface area contributed by atoms with Gasteiger partial charge in [-0.25, -0.2) is 0 Å². The Labute approximate surface area is 142 Å². The van der Waals surface area contributed by atoms with E-state index in [0.29, 0.717) is 12.6 Å². The van der Waals surface area contributed by atoms with Crippen LogP contribution in [0, 0.1) is 11.8 Å². The molecule has 0 bridgehead atoms. The lowest BCUT2D eigenvalue weighted by Gasteiger charge is -2.46. The Hall–Kier alpha value is -0.200. The van der Waals surface area contributed by atoms with Crippen molar-refractivity contribution in [2.45, 2.75) is 32.2 Å². The lowest BCUT2D eigenvalue weighted by atomic mass is 9.89. The molecule has 3 heterocycles. The molecule has 23 heavy (non-hydrogen) atoms. The average Bonchev–Trinajstić information content (AvgIpc) is 2.59. The second kappa shape index (κ2) is 8.77. The smallest absolute Gasteiger partial charge is 0.0558 e. The highest BCUT2D eigenvalue weighted by Gasteiger charge is 2.33. The van der Waals surface area contributed by atoms with Gasteiger partial charge in [-0.2, -0.15) is 0 Å². The van der Waals surface area contributed by atoms with Crippen LogP contribution in [-0.2, 0) is 0 Å². The fourth-order valence-corrected chi connectivity index (χ4v) is 4.57. The molecule has 5 nitrogen and oxygen atoms in total. The molecular formula is C18H36N4O. The van der Waals surface area contributed by atoms with E-state index in [1.807, 2.05) is 0 Å². The molecule has 3 saturated heterocycles. The van der Waals surface area contributed by atoms with E-state index in [4.69, 9.17) is 5.11 Å². The van der Waals surface area contributed by atoms with Crippen LogP contribution >= 0.6 is 0 Å². The van der Waals surface area contributed by atoms with Gasteiger partial charge in [0.1, 0.15) is 0 Å². The summed E-state index contributed by atoms with van der Waals surface area (Å²) in [5, 5.41) is 12.7. The molecule has 0 saturated carbocycles. The van der Waals surface area contributed by atoms with Crippen LogP contribution in [0.2, 0.25) is 0 Å². The van der Waals surface area contributed by atoms with E-state index in [0.717, 1.165) is 38.0 Å². The van der Waals surface area contributed by atoms with Crippen molar-refractivity contribution < 1.29 is 5.11 Å². The number of nitrogens with one attached hydrogen (secondary N) is 1. The van der Waals surface area contributed by atoms with Crippen LogP contribution in [0.4, 0.5) is 0 Å². The molecule has 0 aromatic rings. The molecule has 0 amide bonds. The average molecular weight is 325 g/mol. The summed E-state index contributed by atoms with van der Waals surface area (Å²) in [6.45, 7) is 14.4. The highest BCUT2D eigenvalue weighted by atomic mass is 16.3. The Morgan fingerprint density at radius 3 is 2.39 bits per heavy atom. The lowest BCUT2D eigenvalue weighted by Crippen LogP contribution is -2.59. The monoisotopic (exact) mass is 324 g/mol. The van der Waals surface area contributed by atoms with E-state index >= 15 is 0 Å². The molecule has 2 atom stereocenters. The first-order valence-corrected chi connectivity index (χ1v) is 9.76. The van der Waals surface area contributed by atoms with Gasteiger partial charge in [0.05, 0.1) is 6.61 Å². The Morgan fingerprint density at radius 2 is 1.70 bits per heavy atom. The van der Waals surface area contributed by atoms with Crippen molar-refractivity contribution in [3.05, 3.63) is 0 Å². The third-order valence-electron chi connectivity index (χ3n) is 6.25. The summed E-state index contributed by atoms with van der Waals surface area (Å²) in [6.07, 6.45) is 4.10. The Morgan fingerprint density at radius 1 is 0.957 bits per heavy atom. The van der Waals surface area contributed by atoms with Crippen molar-refractivity contribution in [2.75, 3.05) is 72.1 Å². The van der Waals surface area contributed by atoms with Crippen molar-refractivity contribution in [2.24, 2.45) is 11.8 Å². The molecule has 3 aliphatic rings. The number of β-amino-alcohol motifs (C(OH)–C–C–N with tert-alkyl or cyclic N) is 1. The van der Waals surface area contributed by atoms with Crippen LogP contribution in [0.1, 0.15) is 26.2 Å². The number of hydrogen-bond acceptors (Lipinski definition) is 5. The molecule has 0 spiro atoms. The number of piperazine rings is 1. The minimum absolute atomic E-state index is 0.293. The Kier molecular flexibility index (Phi) is 6.72. The highest BCUT2D eigenvalue weighted by Crippen LogP contribution is 2.24. The fourth-order valence-electron chi connectivity index (χ4n) is 4.57. The molecule has 3 rings (SSSR count). The molecule has 134 valence electrons. The highest BCUT2D eigenvalue weighted by molar-refractivity contribution is 4.90. The minimum Gasteiger partial charge on any atom is -0.395 e. The maximum atomic E-state index is 9.11. The largest absolute Gasteiger partial charge is 0.395 e. The number of piperidine rings is 2. The summed E-state index contributed by atoms with van der Waals surface area (Å²) in [4.78, 5) is 7.84. The zero-order valence-corrected chi connectivity index (χ0v) is 14.9. The van der Waals surface area contributed by atoms with E-state index in [1.165, 1.54) is 58.5 Å². The van der Waals surface area contributed by atoms with E-state index in [2.05, 4.69) is 26.9 Å². The van der Waals surface area contributed by atoms with Gasteiger partial charge in [0.2, 0.25) is 0 Å². The van der Waals surface area contributed by atoms with Gasteiger partial charge in [-0.15, -0.1) is 0 Å². The summed E-state index contributed by atoms with van der Waals surface area (Å²) in [6, 6.07) is 0.708. The maximum absolute atomic E-state index is 9.11. The number of rotatable bonds is 5. The second-order valence-electron chi connectivity index (χ2n) is 7.90. The first-order valence-electron chi connectivity index (χ1n) is 9.76. The molecule has 3 aliphatic heterocycles. The van der Waals surface area contributed by atoms with Gasteiger partial charge in [0.25, 0.3) is 0 Å². The second-order valence-corrected chi connectivity index (χ2v) is 7.90. The van der Waals surface area contributed by atoms with Crippen LogP contribution < -0.4 is 5.32 Å². The fraction of sp³-hybridized carbons (Fsp3) is 1.00. The van der Waals surface area contributed by atoms with Crippen molar-refractivity contribution in [1.82, 2.24) is 20.0 Å². The molecule has 5 heteroatoms. The van der Waals surface area contributed by atoms with E-state index in [-0.39, 0.29) is 0 Å². The van der Waals surface area contributed by atoms with Gasteiger partial charge in [0, 0.05) is 51.9 Å². The zero-order valence-electron chi connectivity index (χ0n) is 14.9. The Balaban J connectivity index is 1.50. The Bertz CT molecular complexity index is 338. The third kappa shape index (κ3) is 4.89. The topological polar surface area (TPSA) is 42.0 Å². The number of aliphatic hydroxyl groups excluding tert-OH is 1. The van der Waals surface area contributed by atoms with Gasteiger partial charge in [0.15, 0.2) is 0 Å². The zero-order chi connectivity index (χ0) is 16.1. The van der Waals surface area contributed by atoms with Crippen LogP contribution in [0.3, 0.4) is 0 Å². The predicted molar refractivity (Wildman–Crippen MR) is 94.7 cm³/mol. The molecule has 0 radical (unpaired) electrons. The van der Waals surface area contributed by atoms with Gasteiger partial charge in [-0.05, 0) is 50.7 Å². The van der Waals surface area contributed by atoms with E-state index in [9.17, 15) is 0 Å². The van der Waals surface area contributed by atoms with Gasteiger partial charge in [-0.3, -0.25) is 9.80 Å². The van der Waals surface area contributed by atoms with E-state index in [1.54, 1.807) is 0 Å². The normalized spacial score (nSPS) is 33.1. The van der Waals surface area contributed by atoms with Crippen molar-refractivity contribution >= 4 is 0 Å². The number of nitrogens with zero attached hydrogens (tertiary/aromatic N) is 3. The number of aliphatic hydroxyl groups is 1. The quantitative estimate of drug-likeness (QED) is 0.762. The van der Waals surface area contributed by atoms with E-state index < -0.39 is 0 Å². The lowest BCUT2D eigenvalue weighted by molar-refractivity contribution is 0.0344. The maximum Gasteiger partial charge on any atom is 0.0558 e. The SMILES string of the molecule is CC1CCN(CC2CCNCC2N2CCN(CCO)CC2)CC1. The third-order valence-corrected chi connectivity index (χ3v) is 6.25. The molecule has 2 unspecified atom stereocenters. The van der Waals surface area contributed by atoms with Crippen LogP contribution in [0.25, 0.3) is 0 Å². The minimum atomic E-state index is 0.293. The standard InChI is InChI=1S/C18H36N4O/c1-16-3-6-21(7-4-16)15-17-2-5-19-14-18(17)22-10-8-20(9-11-22)12-13-23/h16-19,23H,2-15H2,1H3. The van der Waals surface area contributed by atoms with Gasteiger partial charge >= 0.3 is 0 Å². The summed E-state index contributed by atoms with van der Waals surface area (Å²) >= 11 is 0. The van der Waals surface area contributed by atoms with Gasteiger partial charge in [-0.1, -0.05) is 6.92 Å². The summed E-state index contributed by atoms with van der Waals surface area (Å²) in [5.41, 5.74) is 0. The molecule has 3 fully saturated rings. The molecule has 0 aromatic carbocycles. The first-order chi connectivity index (χ1) is 11.3. The molecular weight excluding hydrogens is 288 g/mol. The molecule has 2 N–H and O–H groups in total. The number of hydrogen-bond donors (Lipinski definition) is 2. The van der Waals surface area contributed by atoms with Crippen molar-refractivity contribution in [1.29, 1.82) is 0 Å². The van der Waals surface area contributed by atoms with Crippen LogP contribution in [-0.4, -0.2) is 97.9 Å². The summed E-state index contributed by atoms with van der Waals surface area (Å²) < 4.78 is 0. The molecule has 0 aromatic heterocycles. The molecule has 0 aliphatic carbocycles. The van der Waals surface area contributed by atoms with Crippen LogP contribution in [0.5, 0.6) is 0 Å². The summed E-state index contributed by atoms with van der Waals surface area (Å²) in [7, 11) is 0.